The van der Waals surface area contributed by atoms with Crippen LogP contribution in [0.2, 0.25) is 0 Å². The minimum absolute atomic E-state index is 0.410. The summed E-state index contributed by atoms with van der Waals surface area (Å²) < 4.78 is 1.81. The number of aryl methyl sites for hydroxylation is 1. The van der Waals surface area contributed by atoms with Crippen molar-refractivity contribution < 1.29 is 0 Å². The summed E-state index contributed by atoms with van der Waals surface area (Å²) in [6.45, 7) is 0. The first-order valence-corrected chi connectivity index (χ1v) is 5.64. The highest BCUT2D eigenvalue weighted by atomic mass is 15.3. The molecule has 0 fully saturated rings. The molecule has 2 heterocycles. The summed E-state index contributed by atoms with van der Waals surface area (Å²) in [4.78, 5) is 7.00. The third-order valence-corrected chi connectivity index (χ3v) is 2.82. The minimum atomic E-state index is 0.410. The normalized spacial score (nSPS) is 10.7. The van der Waals surface area contributed by atoms with E-state index in [1.54, 1.807) is 6.20 Å². The van der Waals surface area contributed by atoms with Gasteiger partial charge in [0.25, 0.3) is 0 Å². The van der Waals surface area contributed by atoms with Crippen LogP contribution in [0.15, 0.2) is 42.6 Å². The first kappa shape index (κ1) is 10.6. The quantitative estimate of drug-likeness (QED) is 0.719. The monoisotopic (exact) mass is 239 g/mol. The molecule has 0 spiro atoms. The van der Waals surface area contributed by atoms with Crippen LogP contribution in [0, 0.1) is 0 Å². The molecule has 0 saturated carbocycles. The van der Waals surface area contributed by atoms with Crippen LogP contribution in [0.3, 0.4) is 0 Å². The number of aromatic amines is 1. The van der Waals surface area contributed by atoms with Gasteiger partial charge in [0.2, 0.25) is 0 Å². The summed E-state index contributed by atoms with van der Waals surface area (Å²) in [6, 6.07) is 12.1. The standard InChI is InChI=1S/C13H13N5/c1-18-12(11-8-15-13(14)16-11)7-10(17-18)9-5-3-2-4-6-9/h2-8H,1H3,(H3,14,15,16). The van der Waals surface area contributed by atoms with Crippen LogP contribution in [0.5, 0.6) is 0 Å². The van der Waals surface area contributed by atoms with Gasteiger partial charge in [-0.1, -0.05) is 30.3 Å². The van der Waals surface area contributed by atoms with Gasteiger partial charge in [-0.15, -0.1) is 0 Å². The molecule has 5 heteroatoms. The molecule has 1 aromatic carbocycles. The van der Waals surface area contributed by atoms with Gasteiger partial charge in [-0.2, -0.15) is 5.10 Å². The van der Waals surface area contributed by atoms with E-state index in [0.29, 0.717) is 5.95 Å². The molecule has 3 rings (SSSR count). The Kier molecular flexibility index (Phi) is 2.37. The van der Waals surface area contributed by atoms with E-state index < -0.39 is 0 Å². The second-order valence-corrected chi connectivity index (χ2v) is 4.09. The third-order valence-electron chi connectivity index (χ3n) is 2.82. The number of nitrogens with one attached hydrogen (secondary N) is 1. The number of nitrogens with zero attached hydrogens (tertiary/aromatic N) is 3. The number of nitrogens with two attached hydrogens (primary N) is 1. The number of imidazole rings is 1. The van der Waals surface area contributed by atoms with Crippen LogP contribution in [0.1, 0.15) is 0 Å². The molecule has 0 bridgehead atoms. The minimum Gasteiger partial charge on any atom is -0.369 e. The number of hydrogen-bond acceptors (Lipinski definition) is 3. The van der Waals surface area contributed by atoms with Crippen molar-refractivity contribution in [1.29, 1.82) is 0 Å². The van der Waals surface area contributed by atoms with Gasteiger partial charge in [0.05, 0.1) is 23.3 Å². The lowest BCUT2D eigenvalue weighted by Gasteiger charge is -1.95. The van der Waals surface area contributed by atoms with Crippen LogP contribution in [-0.2, 0) is 7.05 Å². The molecule has 0 amide bonds. The number of anilines is 1. The lowest BCUT2D eigenvalue weighted by atomic mass is 10.1. The Morgan fingerprint density at radius 3 is 2.67 bits per heavy atom. The lowest BCUT2D eigenvalue weighted by Crippen LogP contribution is -1.94. The zero-order valence-electron chi connectivity index (χ0n) is 9.96. The summed E-state index contributed by atoms with van der Waals surface area (Å²) in [7, 11) is 1.90. The fraction of sp³-hybridized carbons (Fsp3) is 0.0769. The van der Waals surface area contributed by atoms with E-state index in [9.17, 15) is 0 Å². The summed E-state index contributed by atoms with van der Waals surface area (Å²) >= 11 is 0. The third kappa shape index (κ3) is 1.75. The first-order valence-electron chi connectivity index (χ1n) is 5.64. The zero-order valence-corrected chi connectivity index (χ0v) is 9.96. The Balaban J connectivity index is 2.06. The number of nitrogen functional groups attached to an aromatic ring is 1. The van der Waals surface area contributed by atoms with Gasteiger partial charge in [0, 0.05) is 12.6 Å². The fourth-order valence-corrected chi connectivity index (χ4v) is 1.94. The molecular formula is C13H13N5. The summed E-state index contributed by atoms with van der Waals surface area (Å²) in [5, 5.41) is 4.49. The lowest BCUT2D eigenvalue weighted by molar-refractivity contribution is 0.777. The van der Waals surface area contributed by atoms with Crippen molar-refractivity contribution in [3.63, 3.8) is 0 Å². The molecule has 18 heavy (non-hydrogen) atoms. The molecule has 5 nitrogen and oxygen atoms in total. The molecule has 3 aromatic rings. The Morgan fingerprint density at radius 2 is 2.00 bits per heavy atom. The van der Waals surface area contributed by atoms with E-state index in [1.165, 1.54) is 0 Å². The van der Waals surface area contributed by atoms with Crippen molar-refractivity contribution in [1.82, 2.24) is 19.7 Å². The zero-order chi connectivity index (χ0) is 12.5. The second-order valence-electron chi connectivity index (χ2n) is 4.09. The molecule has 0 aliphatic rings. The van der Waals surface area contributed by atoms with Gasteiger partial charge in [-0.05, 0) is 6.07 Å². The molecule has 0 saturated heterocycles. The van der Waals surface area contributed by atoms with E-state index in [1.807, 2.05) is 48.1 Å². The summed E-state index contributed by atoms with van der Waals surface area (Å²) in [5.74, 6) is 0.410. The molecule has 90 valence electrons. The van der Waals surface area contributed by atoms with E-state index in [-0.39, 0.29) is 0 Å². The van der Waals surface area contributed by atoms with E-state index in [2.05, 4.69) is 15.1 Å². The van der Waals surface area contributed by atoms with Gasteiger partial charge in [-0.3, -0.25) is 4.68 Å². The number of aromatic nitrogens is 4. The van der Waals surface area contributed by atoms with Gasteiger partial charge in [-0.25, -0.2) is 4.98 Å². The van der Waals surface area contributed by atoms with Crippen LogP contribution in [-0.4, -0.2) is 19.7 Å². The first-order chi connectivity index (χ1) is 8.74. The van der Waals surface area contributed by atoms with Gasteiger partial charge in [0.15, 0.2) is 5.95 Å². The average Bonchev–Trinajstić information content (AvgIpc) is 2.97. The summed E-state index contributed by atoms with van der Waals surface area (Å²) in [6.07, 6.45) is 1.71. The molecular weight excluding hydrogens is 226 g/mol. The fourth-order valence-electron chi connectivity index (χ4n) is 1.94. The highest BCUT2D eigenvalue weighted by Gasteiger charge is 2.10. The van der Waals surface area contributed by atoms with Crippen LogP contribution >= 0.6 is 0 Å². The predicted molar refractivity (Wildman–Crippen MR) is 70.6 cm³/mol. The number of benzene rings is 1. The van der Waals surface area contributed by atoms with Crippen LogP contribution in [0.4, 0.5) is 5.95 Å². The molecule has 0 unspecified atom stereocenters. The van der Waals surface area contributed by atoms with Crippen molar-refractivity contribution in [3.8, 4) is 22.6 Å². The predicted octanol–water partition coefficient (Wildman–Crippen LogP) is 2.06. The SMILES string of the molecule is Cn1nc(-c2ccccc2)cc1-c1cnc(N)[nH]1. The number of hydrogen-bond donors (Lipinski definition) is 2. The van der Waals surface area contributed by atoms with Crippen molar-refractivity contribution in [2.45, 2.75) is 0 Å². The second kappa shape index (κ2) is 4.03. The highest BCUT2D eigenvalue weighted by molar-refractivity contribution is 5.67. The topological polar surface area (TPSA) is 72.5 Å². The van der Waals surface area contributed by atoms with Crippen molar-refractivity contribution in [2.75, 3.05) is 5.73 Å². The molecule has 0 atom stereocenters. The van der Waals surface area contributed by atoms with Gasteiger partial charge in [0.1, 0.15) is 0 Å². The van der Waals surface area contributed by atoms with Gasteiger partial charge >= 0.3 is 0 Å². The maximum Gasteiger partial charge on any atom is 0.197 e. The van der Waals surface area contributed by atoms with Crippen molar-refractivity contribution in [2.24, 2.45) is 7.05 Å². The molecule has 0 radical (unpaired) electrons. The highest BCUT2D eigenvalue weighted by Crippen LogP contribution is 2.24. The Bertz CT molecular complexity index is 666. The Labute approximate surface area is 104 Å². The number of rotatable bonds is 2. The number of H-pyrrole nitrogens is 1. The Morgan fingerprint density at radius 1 is 1.22 bits per heavy atom. The average molecular weight is 239 g/mol. The Hall–Kier alpha value is -2.56. The van der Waals surface area contributed by atoms with E-state index in [4.69, 9.17) is 5.73 Å². The van der Waals surface area contributed by atoms with Crippen molar-refractivity contribution in [3.05, 3.63) is 42.6 Å². The van der Waals surface area contributed by atoms with Crippen LogP contribution in [0.25, 0.3) is 22.6 Å². The molecule has 0 aliphatic heterocycles. The van der Waals surface area contributed by atoms with Crippen LogP contribution < -0.4 is 5.73 Å². The van der Waals surface area contributed by atoms with E-state index in [0.717, 1.165) is 22.6 Å². The molecule has 3 N–H and O–H groups in total. The maximum absolute atomic E-state index is 5.59. The molecule has 2 aromatic heterocycles. The van der Waals surface area contributed by atoms with Crippen molar-refractivity contribution >= 4 is 5.95 Å². The smallest absolute Gasteiger partial charge is 0.197 e. The maximum atomic E-state index is 5.59. The van der Waals surface area contributed by atoms with E-state index >= 15 is 0 Å². The molecule has 0 aliphatic carbocycles. The summed E-state index contributed by atoms with van der Waals surface area (Å²) in [5.41, 5.74) is 9.43. The largest absolute Gasteiger partial charge is 0.369 e. The van der Waals surface area contributed by atoms with Gasteiger partial charge < -0.3 is 10.7 Å².